The first-order valence-corrected chi connectivity index (χ1v) is 11.7. The highest BCUT2D eigenvalue weighted by molar-refractivity contribution is 7.22. The molecule has 0 spiro atoms. The number of carbonyl (C=O) groups excluding carboxylic acids is 2. The summed E-state index contributed by atoms with van der Waals surface area (Å²) in [4.78, 5) is 31.0. The third-order valence-electron chi connectivity index (χ3n) is 5.54. The van der Waals surface area contributed by atoms with Crippen LogP contribution in [0.1, 0.15) is 42.6 Å². The van der Waals surface area contributed by atoms with Crippen LogP contribution in [0.4, 0.5) is 9.93 Å². The van der Waals surface area contributed by atoms with Crippen LogP contribution < -0.4 is 10.1 Å². The number of anilines is 1. The molecule has 7 nitrogen and oxygen atoms in total. The first kappa shape index (κ1) is 22.2. The Kier molecular flexibility index (Phi) is 7.02. The molecule has 168 valence electrons. The molecule has 0 radical (unpaired) electrons. The SMILES string of the molecule is CCOC(=O)Oc1ccc(C(=O)Nc2nc3ccc(CN4CCC(C)CC4)cc3s2)cc1. The van der Waals surface area contributed by atoms with E-state index in [1.54, 1.807) is 31.2 Å². The zero-order chi connectivity index (χ0) is 22.5. The normalized spacial score (nSPS) is 14.9. The molecule has 1 aromatic heterocycles. The molecule has 0 bridgehead atoms. The number of thiazole rings is 1. The Hall–Kier alpha value is -2.97. The highest BCUT2D eigenvalue weighted by atomic mass is 32.1. The lowest BCUT2D eigenvalue weighted by molar-refractivity contribution is 0.102. The molecule has 1 fully saturated rings. The number of rotatable bonds is 6. The molecule has 0 aliphatic carbocycles. The lowest BCUT2D eigenvalue weighted by Crippen LogP contribution is -2.32. The summed E-state index contributed by atoms with van der Waals surface area (Å²) in [6, 6.07) is 12.6. The number of carbonyl (C=O) groups is 2. The number of hydrogen-bond donors (Lipinski definition) is 1. The van der Waals surface area contributed by atoms with E-state index < -0.39 is 6.16 Å². The van der Waals surface area contributed by atoms with E-state index in [2.05, 4.69) is 34.3 Å². The van der Waals surface area contributed by atoms with Crippen molar-refractivity contribution in [3.63, 3.8) is 0 Å². The number of amides is 1. The van der Waals surface area contributed by atoms with Crippen LogP contribution in [0, 0.1) is 5.92 Å². The highest BCUT2D eigenvalue weighted by Crippen LogP contribution is 2.28. The van der Waals surface area contributed by atoms with Gasteiger partial charge < -0.3 is 9.47 Å². The number of benzene rings is 2. The topological polar surface area (TPSA) is 80.8 Å². The number of piperidine rings is 1. The summed E-state index contributed by atoms with van der Waals surface area (Å²) in [6.45, 7) is 7.50. The minimum absolute atomic E-state index is 0.237. The van der Waals surface area contributed by atoms with Crippen molar-refractivity contribution in [1.29, 1.82) is 0 Å². The predicted octanol–water partition coefficient (Wildman–Crippen LogP) is 5.32. The number of likely N-dealkylation sites (tertiary alicyclic amines) is 1. The second-order valence-corrected chi connectivity index (χ2v) is 9.07. The fourth-order valence-electron chi connectivity index (χ4n) is 3.69. The third-order valence-corrected chi connectivity index (χ3v) is 6.47. The van der Waals surface area contributed by atoms with Gasteiger partial charge in [-0.2, -0.15) is 0 Å². The molecule has 2 aromatic carbocycles. The minimum Gasteiger partial charge on any atom is -0.434 e. The van der Waals surface area contributed by atoms with Gasteiger partial charge in [-0.25, -0.2) is 9.78 Å². The average Bonchev–Trinajstić information content (AvgIpc) is 3.17. The van der Waals surface area contributed by atoms with Gasteiger partial charge in [-0.15, -0.1) is 0 Å². The minimum atomic E-state index is -0.770. The van der Waals surface area contributed by atoms with Crippen molar-refractivity contribution >= 4 is 38.7 Å². The van der Waals surface area contributed by atoms with Gasteiger partial charge in [0, 0.05) is 12.1 Å². The molecule has 32 heavy (non-hydrogen) atoms. The fraction of sp³-hybridized carbons (Fsp3) is 0.375. The van der Waals surface area contributed by atoms with Crippen LogP contribution in [0.3, 0.4) is 0 Å². The van der Waals surface area contributed by atoms with Gasteiger partial charge in [0.2, 0.25) is 0 Å². The summed E-state index contributed by atoms with van der Waals surface area (Å²) in [6.07, 6.45) is 1.75. The van der Waals surface area contributed by atoms with Gasteiger partial charge >= 0.3 is 6.16 Å². The van der Waals surface area contributed by atoms with Crippen molar-refractivity contribution in [2.24, 2.45) is 5.92 Å². The predicted molar refractivity (Wildman–Crippen MR) is 125 cm³/mol. The summed E-state index contributed by atoms with van der Waals surface area (Å²) in [5.41, 5.74) is 2.59. The maximum atomic E-state index is 12.6. The average molecular weight is 454 g/mol. The molecule has 1 aliphatic heterocycles. The molecule has 8 heteroatoms. The molecule has 0 atom stereocenters. The van der Waals surface area contributed by atoms with Crippen molar-refractivity contribution < 1.29 is 19.1 Å². The number of ether oxygens (including phenoxy) is 2. The Bertz CT molecular complexity index is 1090. The van der Waals surface area contributed by atoms with Gasteiger partial charge in [0.1, 0.15) is 5.75 Å². The van der Waals surface area contributed by atoms with Crippen LogP contribution >= 0.6 is 11.3 Å². The summed E-state index contributed by atoms with van der Waals surface area (Å²) < 4.78 is 10.8. The second-order valence-electron chi connectivity index (χ2n) is 8.04. The van der Waals surface area contributed by atoms with Gasteiger partial charge in [0.25, 0.3) is 5.91 Å². The lowest BCUT2D eigenvalue weighted by atomic mass is 9.99. The number of fused-ring (bicyclic) bond motifs is 1. The van der Waals surface area contributed by atoms with E-state index in [-0.39, 0.29) is 12.5 Å². The maximum Gasteiger partial charge on any atom is 0.513 e. The number of hydrogen-bond acceptors (Lipinski definition) is 7. The van der Waals surface area contributed by atoms with Crippen LogP contribution in [0.25, 0.3) is 10.2 Å². The number of nitrogens with one attached hydrogen (secondary N) is 1. The zero-order valence-corrected chi connectivity index (χ0v) is 19.1. The van der Waals surface area contributed by atoms with Crippen LogP contribution in [-0.4, -0.2) is 41.6 Å². The van der Waals surface area contributed by atoms with Crippen molar-refractivity contribution in [1.82, 2.24) is 9.88 Å². The van der Waals surface area contributed by atoms with Gasteiger partial charge in [0.15, 0.2) is 5.13 Å². The van der Waals surface area contributed by atoms with Crippen LogP contribution in [-0.2, 0) is 11.3 Å². The van der Waals surface area contributed by atoms with E-state index >= 15 is 0 Å². The highest BCUT2D eigenvalue weighted by Gasteiger charge is 2.16. The fourth-order valence-corrected chi connectivity index (χ4v) is 4.61. The molecular formula is C24H27N3O4S. The van der Waals surface area contributed by atoms with Crippen LogP contribution in [0.5, 0.6) is 5.75 Å². The summed E-state index contributed by atoms with van der Waals surface area (Å²) in [7, 11) is 0. The molecule has 2 heterocycles. The summed E-state index contributed by atoms with van der Waals surface area (Å²) in [5, 5.41) is 3.42. The van der Waals surface area contributed by atoms with Crippen molar-refractivity contribution in [3.8, 4) is 5.75 Å². The molecule has 1 amide bonds. The van der Waals surface area contributed by atoms with Crippen molar-refractivity contribution in [3.05, 3.63) is 53.6 Å². The summed E-state index contributed by atoms with van der Waals surface area (Å²) in [5.74, 6) is 0.868. The molecule has 4 rings (SSSR count). The first-order chi connectivity index (χ1) is 15.5. The smallest absolute Gasteiger partial charge is 0.434 e. The standard InChI is InChI=1S/C24H27N3O4S/c1-3-30-24(29)31-19-7-5-18(6-8-19)22(28)26-23-25-20-9-4-17(14-21(20)32-23)15-27-12-10-16(2)11-13-27/h4-9,14,16H,3,10-13,15H2,1-2H3,(H,25,26,28). The van der Waals surface area contributed by atoms with E-state index in [1.807, 2.05) is 6.07 Å². The Balaban J connectivity index is 1.38. The molecule has 1 aliphatic rings. The number of nitrogens with zero attached hydrogens (tertiary/aromatic N) is 2. The Morgan fingerprint density at radius 2 is 1.91 bits per heavy atom. The van der Waals surface area contributed by atoms with Crippen molar-refractivity contribution in [2.45, 2.75) is 33.2 Å². The largest absolute Gasteiger partial charge is 0.513 e. The second kappa shape index (κ2) is 10.1. The van der Waals surface area contributed by atoms with E-state index in [1.165, 1.54) is 29.7 Å². The maximum absolute atomic E-state index is 12.6. The van der Waals surface area contributed by atoms with E-state index in [0.717, 1.165) is 35.8 Å². The molecule has 0 saturated carbocycles. The quantitative estimate of drug-likeness (QED) is 0.402. The zero-order valence-electron chi connectivity index (χ0n) is 18.3. The summed E-state index contributed by atoms with van der Waals surface area (Å²) >= 11 is 1.47. The van der Waals surface area contributed by atoms with E-state index in [0.29, 0.717) is 16.4 Å². The lowest BCUT2D eigenvalue weighted by Gasteiger charge is -2.30. The molecule has 1 saturated heterocycles. The van der Waals surface area contributed by atoms with Crippen molar-refractivity contribution in [2.75, 3.05) is 25.0 Å². The Morgan fingerprint density at radius 3 is 2.62 bits per heavy atom. The Labute approximate surface area is 191 Å². The van der Waals surface area contributed by atoms with Crippen LogP contribution in [0.2, 0.25) is 0 Å². The van der Waals surface area contributed by atoms with Crippen LogP contribution in [0.15, 0.2) is 42.5 Å². The van der Waals surface area contributed by atoms with Gasteiger partial charge in [-0.05, 0) is 80.7 Å². The van der Waals surface area contributed by atoms with Gasteiger partial charge in [-0.1, -0.05) is 24.3 Å². The third kappa shape index (κ3) is 5.63. The van der Waals surface area contributed by atoms with Gasteiger partial charge in [0.05, 0.1) is 16.8 Å². The number of aromatic nitrogens is 1. The molecular weight excluding hydrogens is 426 g/mol. The monoisotopic (exact) mass is 453 g/mol. The first-order valence-electron chi connectivity index (χ1n) is 10.9. The molecule has 3 aromatic rings. The Morgan fingerprint density at radius 1 is 1.16 bits per heavy atom. The van der Waals surface area contributed by atoms with E-state index in [9.17, 15) is 9.59 Å². The van der Waals surface area contributed by atoms with E-state index in [4.69, 9.17) is 9.47 Å². The van der Waals surface area contributed by atoms with Gasteiger partial charge in [-0.3, -0.25) is 15.0 Å². The molecule has 0 unspecified atom stereocenters. The molecule has 1 N–H and O–H groups in total.